The Morgan fingerprint density at radius 2 is 1.62 bits per heavy atom. The molecule has 0 aliphatic carbocycles. The minimum Gasteiger partial charge on any atom is -0.475 e. The van der Waals surface area contributed by atoms with Crippen molar-refractivity contribution in [2.24, 2.45) is 0 Å². The second-order valence-electron chi connectivity index (χ2n) is 9.69. The lowest BCUT2D eigenvalue weighted by atomic mass is 10.1. The maximum atomic E-state index is 13.3. The van der Waals surface area contributed by atoms with E-state index in [0.717, 1.165) is 18.4 Å². The van der Waals surface area contributed by atoms with Crippen LogP contribution < -0.4 is 11.1 Å². The number of fused-ring (bicyclic) bond motifs is 1. The molecule has 4 rings (SSSR count). The van der Waals surface area contributed by atoms with E-state index >= 15 is 0 Å². The normalized spacial score (nSPS) is 14.4. The minimum absolute atomic E-state index is 0.0995. The number of ether oxygens (including phenoxy) is 1. The molecule has 1 aliphatic heterocycles. The lowest BCUT2D eigenvalue weighted by Crippen LogP contribution is -2.44. The van der Waals surface area contributed by atoms with Crippen molar-refractivity contribution >= 4 is 34.9 Å². The number of pyridine rings is 1. The van der Waals surface area contributed by atoms with Gasteiger partial charge in [-0.2, -0.15) is 18.2 Å². The Kier molecular flexibility index (Phi) is 8.77. The number of carbonyl (C=O) groups is 2. The van der Waals surface area contributed by atoms with Crippen molar-refractivity contribution in [3.05, 3.63) is 42.2 Å². The Morgan fingerprint density at radius 1 is 1.03 bits per heavy atom. The number of halogens is 4. The number of piperidine rings is 1. The lowest BCUT2D eigenvalue weighted by Gasteiger charge is -2.34. The number of aromatic nitrogens is 3. The molecule has 10 nitrogen and oxygen atoms in total. The first-order valence-corrected chi connectivity index (χ1v) is 11.9. The number of nitrogens with one attached hydrogen (secondary N) is 1. The van der Waals surface area contributed by atoms with E-state index in [1.165, 1.54) is 12.1 Å². The van der Waals surface area contributed by atoms with Crippen LogP contribution in [-0.4, -0.2) is 67.9 Å². The molecule has 0 unspecified atom stereocenters. The number of aliphatic carboxylic acids is 1. The van der Waals surface area contributed by atoms with Crippen LogP contribution in [0, 0.1) is 5.82 Å². The predicted octanol–water partition coefficient (Wildman–Crippen LogP) is 4.86. The van der Waals surface area contributed by atoms with Crippen LogP contribution in [-0.2, 0) is 9.53 Å². The number of rotatable bonds is 3. The number of benzene rings is 1. The summed E-state index contributed by atoms with van der Waals surface area (Å²) in [6, 6.07) is 9.92. The number of hydrogen-bond acceptors (Lipinski definition) is 8. The minimum atomic E-state index is -5.08. The second kappa shape index (κ2) is 11.7. The van der Waals surface area contributed by atoms with Gasteiger partial charge in [-0.3, -0.25) is 0 Å². The van der Waals surface area contributed by atoms with Gasteiger partial charge in [-0.1, -0.05) is 0 Å². The van der Waals surface area contributed by atoms with Crippen LogP contribution in [0.3, 0.4) is 0 Å². The molecule has 0 bridgehead atoms. The molecule has 210 valence electrons. The smallest absolute Gasteiger partial charge is 0.475 e. The highest BCUT2D eigenvalue weighted by Gasteiger charge is 2.38. The standard InChI is InChI=1S/C23H27FN6O2.C2HF3O2/c1-23(2,3)32-22(31)30-12-10-16(11-13-30)26-20-19-18(28-21(25)29-20)9-8-17(27-19)14-4-6-15(24)7-5-14;3-2(4,5)1(6)7/h4-9,16H,10-13H2,1-3H3,(H3,25,26,28,29);(H,6,7). The van der Waals surface area contributed by atoms with E-state index in [1.807, 2.05) is 32.9 Å². The molecule has 3 heterocycles. The first kappa shape index (κ1) is 29.3. The van der Waals surface area contributed by atoms with Crippen LogP contribution in [0.4, 0.5) is 34.1 Å². The van der Waals surface area contributed by atoms with E-state index in [2.05, 4.69) is 15.3 Å². The van der Waals surface area contributed by atoms with Crippen molar-refractivity contribution in [3.8, 4) is 11.3 Å². The van der Waals surface area contributed by atoms with Gasteiger partial charge in [-0.05, 0) is 70.0 Å². The summed E-state index contributed by atoms with van der Waals surface area (Å²) in [6.07, 6.45) is -3.90. The van der Waals surface area contributed by atoms with Gasteiger partial charge in [0.25, 0.3) is 0 Å². The average Bonchev–Trinajstić information content (AvgIpc) is 2.83. The zero-order chi connectivity index (χ0) is 29.0. The van der Waals surface area contributed by atoms with Crippen molar-refractivity contribution in [2.75, 3.05) is 24.1 Å². The topological polar surface area (TPSA) is 144 Å². The van der Waals surface area contributed by atoms with Gasteiger partial charge >= 0.3 is 18.2 Å². The molecule has 1 aliphatic rings. The summed E-state index contributed by atoms with van der Waals surface area (Å²) >= 11 is 0. The summed E-state index contributed by atoms with van der Waals surface area (Å²) in [6.45, 7) is 6.74. The number of alkyl halides is 3. The number of hydrogen-bond donors (Lipinski definition) is 3. The first-order chi connectivity index (χ1) is 18.1. The van der Waals surface area contributed by atoms with Gasteiger partial charge in [-0.15, -0.1) is 0 Å². The molecule has 3 aromatic rings. The number of nitrogens with zero attached hydrogens (tertiary/aromatic N) is 4. The summed E-state index contributed by atoms with van der Waals surface area (Å²) in [4.78, 5) is 36.3. The van der Waals surface area contributed by atoms with E-state index in [9.17, 15) is 22.4 Å². The molecule has 0 spiro atoms. The molecule has 14 heteroatoms. The van der Waals surface area contributed by atoms with Crippen molar-refractivity contribution in [1.82, 2.24) is 19.9 Å². The number of carboxylic acids is 1. The van der Waals surface area contributed by atoms with Crippen molar-refractivity contribution < 1.29 is 37.0 Å². The number of carbonyl (C=O) groups excluding carboxylic acids is 1. The summed E-state index contributed by atoms with van der Waals surface area (Å²) in [5.41, 5.74) is 8.10. The van der Waals surface area contributed by atoms with Crippen molar-refractivity contribution in [1.29, 1.82) is 0 Å². The Labute approximate surface area is 221 Å². The fourth-order valence-electron chi connectivity index (χ4n) is 3.64. The molecule has 0 radical (unpaired) electrons. The molecule has 1 fully saturated rings. The largest absolute Gasteiger partial charge is 0.490 e. The molecule has 1 amide bonds. The van der Waals surface area contributed by atoms with Crippen molar-refractivity contribution in [3.63, 3.8) is 0 Å². The van der Waals surface area contributed by atoms with Gasteiger partial charge in [0.1, 0.15) is 16.9 Å². The SMILES string of the molecule is CC(C)(C)OC(=O)N1CCC(Nc2nc(N)nc3ccc(-c4ccc(F)cc4)nc23)CC1.O=C(O)C(F)(F)F. The molecule has 1 saturated heterocycles. The average molecular weight is 553 g/mol. The quantitative estimate of drug-likeness (QED) is 0.388. The third-order valence-electron chi connectivity index (χ3n) is 5.43. The van der Waals surface area contributed by atoms with Gasteiger partial charge in [0.05, 0.1) is 11.2 Å². The molecule has 2 aromatic heterocycles. The number of carboxylic acid groups (broad SMARTS) is 1. The maximum absolute atomic E-state index is 13.3. The Hall–Kier alpha value is -4.23. The van der Waals surface area contributed by atoms with Gasteiger partial charge < -0.3 is 25.8 Å². The van der Waals surface area contributed by atoms with Crippen LogP contribution in [0.15, 0.2) is 36.4 Å². The Morgan fingerprint density at radius 3 is 2.15 bits per heavy atom. The molecule has 0 saturated carbocycles. The molecular weight excluding hydrogens is 524 g/mol. The van der Waals surface area contributed by atoms with Gasteiger partial charge in [0.2, 0.25) is 5.95 Å². The molecular formula is C25H28F4N6O4. The van der Waals surface area contributed by atoms with Gasteiger partial charge in [0.15, 0.2) is 5.82 Å². The fourth-order valence-corrected chi connectivity index (χ4v) is 3.64. The maximum Gasteiger partial charge on any atom is 0.490 e. The summed E-state index contributed by atoms with van der Waals surface area (Å²) in [5.74, 6) is -2.35. The van der Waals surface area contributed by atoms with E-state index in [4.69, 9.17) is 25.4 Å². The zero-order valence-electron chi connectivity index (χ0n) is 21.4. The van der Waals surface area contributed by atoms with E-state index in [1.54, 1.807) is 17.0 Å². The fraction of sp³-hybridized carbons (Fsp3) is 0.400. The molecule has 1 aromatic carbocycles. The third-order valence-corrected chi connectivity index (χ3v) is 5.43. The zero-order valence-corrected chi connectivity index (χ0v) is 21.4. The molecule has 39 heavy (non-hydrogen) atoms. The second-order valence-corrected chi connectivity index (χ2v) is 9.69. The monoisotopic (exact) mass is 552 g/mol. The summed E-state index contributed by atoms with van der Waals surface area (Å²) < 4.78 is 50.5. The number of nitrogens with two attached hydrogens (primary N) is 1. The van der Waals surface area contributed by atoms with Gasteiger partial charge in [0, 0.05) is 24.7 Å². The highest BCUT2D eigenvalue weighted by atomic mass is 19.4. The Balaban J connectivity index is 0.000000532. The highest BCUT2D eigenvalue weighted by Crippen LogP contribution is 2.27. The number of anilines is 2. The van der Waals surface area contributed by atoms with Crippen LogP contribution in [0.1, 0.15) is 33.6 Å². The Bertz CT molecular complexity index is 1320. The van der Waals surface area contributed by atoms with Crippen molar-refractivity contribution in [2.45, 2.75) is 51.4 Å². The van der Waals surface area contributed by atoms with Gasteiger partial charge in [-0.25, -0.2) is 23.9 Å². The summed E-state index contributed by atoms with van der Waals surface area (Å²) in [5, 5.41) is 10.6. The molecule has 0 atom stereocenters. The third kappa shape index (κ3) is 8.38. The number of amides is 1. The van der Waals surface area contributed by atoms with E-state index in [0.29, 0.717) is 35.6 Å². The predicted molar refractivity (Wildman–Crippen MR) is 135 cm³/mol. The van der Waals surface area contributed by atoms with Crippen LogP contribution in [0.5, 0.6) is 0 Å². The van der Waals surface area contributed by atoms with E-state index < -0.39 is 17.7 Å². The summed E-state index contributed by atoms with van der Waals surface area (Å²) in [7, 11) is 0. The van der Waals surface area contributed by atoms with Crippen LogP contribution in [0.25, 0.3) is 22.3 Å². The van der Waals surface area contributed by atoms with Crippen LogP contribution >= 0.6 is 0 Å². The number of likely N-dealkylation sites (tertiary alicyclic amines) is 1. The van der Waals surface area contributed by atoms with Crippen LogP contribution in [0.2, 0.25) is 0 Å². The first-order valence-electron chi connectivity index (χ1n) is 11.9. The highest BCUT2D eigenvalue weighted by molar-refractivity contribution is 5.88. The number of nitrogen functional groups attached to an aromatic ring is 1. The molecule has 4 N–H and O–H groups in total. The lowest BCUT2D eigenvalue weighted by molar-refractivity contribution is -0.192. The van der Waals surface area contributed by atoms with E-state index in [-0.39, 0.29) is 23.9 Å².